The van der Waals surface area contributed by atoms with Crippen molar-refractivity contribution in [2.24, 2.45) is 0 Å². The quantitative estimate of drug-likeness (QED) is 0.773. The molecule has 1 unspecified atom stereocenters. The van der Waals surface area contributed by atoms with Crippen molar-refractivity contribution in [2.45, 2.75) is 13.0 Å². The largest absolute Gasteiger partial charge is 0.478 e. The molecule has 0 saturated carbocycles. The first-order valence-corrected chi connectivity index (χ1v) is 7.13. The lowest BCUT2D eigenvalue weighted by atomic mass is 10.1. The minimum atomic E-state index is -1.09. The third-order valence-corrected chi connectivity index (χ3v) is 3.65. The molecule has 0 aliphatic heterocycles. The molecule has 2 aromatic rings. The van der Waals surface area contributed by atoms with Crippen LogP contribution in [0.4, 0.5) is 5.82 Å². The summed E-state index contributed by atoms with van der Waals surface area (Å²) in [6.45, 7) is 1.84. The van der Waals surface area contributed by atoms with E-state index < -0.39 is 5.97 Å². The Morgan fingerprint density at radius 2 is 1.95 bits per heavy atom. The molecule has 2 rings (SSSR count). The summed E-state index contributed by atoms with van der Waals surface area (Å²) in [7, 11) is 0. The molecule has 0 fully saturated rings. The number of rotatable bonds is 4. The minimum Gasteiger partial charge on any atom is -0.478 e. The third-order valence-electron chi connectivity index (χ3n) is 2.87. The fourth-order valence-electron chi connectivity index (χ4n) is 1.85. The normalized spacial score (nSPS) is 12.0. The first-order valence-electron chi connectivity index (χ1n) is 6.00. The van der Waals surface area contributed by atoms with E-state index in [0.717, 1.165) is 5.56 Å². The second-order valence-corrected chi connectivity index (χ2v) is 5.60. The number of pyridine rings is 1. The molecule has 1 aromatic carbocycles. The predicted molar refractivity (Wildman–Crippen MR) is 84.7 cm³/mol. The van der Waals surface area contributed by atoms with Gasteiger partial charge in [0.25, 0.3) is 0 Å². The van der Waals surface area contributed by atoms with Gasteiger partial charge in [0, 0.05) is 10.0 Å². The van der Waals surface area contributed by atoms with Gasteiger partial charge in [0.05, 0.1) is 6.04 Å². The van der Waals surface area contributed by atoms with Crippen LogP contribution in [0.5, 0.6) is 0 Å². The van der Waals surface area contributed by atoms with Crippen molar-refractivity contribution >= 4 is 46.6 Å². The van der Waals surface area contributed by atoms with Gasteiger partial charge in [0.15, 0.2) is 0 Å². The highest BCUT2D eigenvalue weighted by molar-refractivity contribution is 6.35. The molecule has 1 atom stereocenters. The summed E-state index contributed by atoms with van der Waals surface area (Å²) in [6, 6.07) is 7.67. The Kier molecular flexibility index (Phi) is 4.93. The number of benzene rings is 1. The van der Waals surface area contributed by atoms with Crippen molar-refractivity contribution in [2.75, 3.05) is 5.32 Å². The standard InChI is InChI=1S/C14H11Cl3N2O2/c1-7(9-3-2-8(15)6-11(9)16)18-13-10(14(20)21)4-5-12(17)19-13/h2-7H,1H3,(H,18,19)(H,20,21). The average Bonchev–Trinajstić information content (AvgIpc) is 2.37. The maximum Gasteiger partial charge on any atom is 0.339 e. The summed E-state index contributed by atoms with van der Waals surface area (Å²) in [5.74, 6) is -0.899. The van der Waals surface area contributed by atoms with Crippen LogP contribution >= 0.6 is 34.8 Å². The Hall–Kier alpha value is -1.49. The highest BCUT2D eigenvalue weighted by Crippen LogP contribution is 2.29. The van der Waals surface area contributed by atoms with E-state index in [2.05, 4.69) is 10.3 Å². The van der Waals surface area contributed by atoms with Crippen molar-refractivity contribution < 1.29 is 9.90 Å². The number of aromatic nitrogens is 1. The van der Waals surface area contributed by atoms with Gasteiger partial charge in [-0.1, -0.05) is 40.9 Å². The molecule has 1 heterocycles. The Balaban J connectivity index is 2.33. The number of anilines is 1. The Morgan fingerprint density at radius 1 is 1.24 bits per heavy atom. The van der Waals surface area contributed by atoms with Crippen LogP contribution in [0.1, 0.15) is 28.9 Å². The van der Waals surface area contributed by atoms with E-state index in [1.54, 1.807) is 18.2 Å². The van der Waals surface area contributed by atoms with E-state index in [1.807, 2.05) is 6.92 Å². The van der Waals surface area contributed by atoms with Crippen molar-refractivity contribution in [3.63, 3.8) is 0 Å². The van der Waals surface area contributed by atoms with Crippen molar-refractivity contribution in [3.8, 4) is 0 Å². The smallest absolute Gasteiger partial charge is 0.339 e. The number of nitrogens with one attached hydrogen (secondary N) is 1. The lowest BCUT2D eigenvalue weighted by Crippen LogP contribution is -2.12. The fourth-order valence-corrected chi connectivity index (χ4v) is 2.57. The van der Waals surface area contributed by atoms with Crippen molar-refractivity contribution in [3.05, 3.63) is 56.7 Å². The molecule has 0 aliphatic rings. The van der Waals surface area contributed by atoms with Gasteiger partial charge in [0.1, 0.15) is 16.5 Å². The van der Waals surface area contributed by atoms with E-state index >= 15 is 0 Å². The summed E-state index contributed by atoms with van der Waals surface area (Å²) in [6.07, 6.45) is 0. The van der Waals surface area contributed by atoms with Gasteiger partial charge in [-0.05, 0) is 36.8 Å². The lowest BCUT2D eigenvalue weighted by molar-refractivity contribution is 0.0697. The zero-order valence-corrected chi connectivity index (χ0v) is 13.2. The van der Waals surface area contributed by atoms with E-state index in [1.165, 1.54) is 12.1 Å². The number of carboxylic acids is 1. The Labute approximate surface area is 136 Å². The van der Waals surface area contributed by atoms with Crippen LogP contribution in [0.25, 0.3) is 0 Å². The summed E-state index contributed by atoms with van der Waals surface area (Å²) >= 11 is 17.8. The summed E-state index contributed by atoms with van der Waals surface area (Å²) in [4.78, 5) is 15.2. The monoisotopic (exact) mass is 344 g/mol. The first-order chi connectivity index (χ1) is 9.88. The molecule has 0 saturated heterocycles. The van der Waals surface area contributed by atoms with Gasteiger partial charge in [-0.25, -0.2) is 9.78 Å². The van der Waals surface area contributed by atoms with E-state index in [-0.39, 0.29) is 22.6 Å². The minimum absolute atomic E-state index is 0.0383. The van der Waals surface area contributed by atoms with Crippen LogP contribution in [0.15, 0.2) is 30.3 Å². The zero-order valence-electron chi connectivity index (χ0n) is 10.9. The van der Waals surface area contributed by atoms with Crippen LogP contribution in [0.2, 0.25) is 15.2 Å². The lowest BCUT2D eigenvalue weighted by Gasteiger charge is -2.18. The Bertz CT molecular complexity index is 692. The number of nitrogens with zero attached hydrogens (tertiary/aromatic N) is 1. The SMILES string of the molecule is CC(Nc1nc(Cl)ccc1C(=O)O)c1ccc(Cl)cc1Cl. The molecule has 0 radical (unpaired) electrons. The van der Waals surface area contributed by atoms with Gasteiger partial charge >= 0.3 is 5.97 Å². The van der Waals surface area contributed by atoms with Gasteiger partial charge in [-0.2, -0.15) is 0 Å². The van der Waals surface area contributed by atoms with Gasteiger partial charge in [-0.15, -0.1) is 0 Å². The van der Waals surface area contributed by atoms with Crippen LogP contribution < -0.4 is 5.32 Å². The fraction of sp³-hybridized carbons (Fsp3) is 0.143. The predicted octanol–water partition coefficient (Wildman–Crippen LogP) is 4.91. The summed E-state index contributed by atoms with van der Waals surface area (Å²) in [5.41, 5.74) is 0.815. The van der Waals surface area contributed by atoms with Crippen LogP contribution in [-0.2, 0) is 0 Å². The maximum atomic E-state index is 11.2. The molecule has 110 valence electrons. The second-order valence-electron chi connectivity index (χ2n) is 4.37. The number of halogens is 3. The van der Waals surface area contributed by atoms with Crippen molar-refractivity contribution in [1.29, 1.82) is 0 Å². The van der Waals surface area contributed by atoms with Gasteiger partial charge < -0.3 is 10.4 Å². The second kappa shape index (κ2) is 6.52. The third kappa shape index (κ3) is 3.79. The summed E-state index contributed by atoms with van der Waals surface area (Å²) < 4.78 is 0. The number of hydrogen-bond donors (Lipinski definition) is 2. The molecular formula is C14H11Cl3N2O2. The molecule has 4 nitrogen and oxygen atoms in total. The highest BCUT2D eigenvalue weighted by atomic mass is 35.5. The van der Waals surface area contributed by atoms with Gasteiger partial charge in [0.2, 0.25) is 0 Å². The molecule has 7 heteroatoms. The van der Waals surface area contributed by atoms with E-state index in [9.17, 15) is 4.79 Å². The van der Waals surface area contributed by atoms with Gasteiger partial charge in [-0.3, -0.25) is 0 Å². The van der Waals surface area contributed by atoms with Crippen LogP contribution in [-0.4, -0.2) is 16.1 Å². The number of aromatic carboxylic acids is 1. The molecule has 1 aromatic heterocycles. The van der Waals surface area contributed by atoms with Crippen molar-refractivity contribution in [1.82, 2.24) is 4.98 Å². The molecule has 0 amide bonds. The number of hydrogen-bond acceptors (Lipinski definition) is 3. The number of carboxylic acid groups (broad SMARTS) is 1. The number of carbonyl (C=O) groups is 1. The van der Waals surface area contributed by atoms with Crippen LogP contribution in [0, 0.1) is 0 Å². The summed E-state index contributed by atoms with van der Waals surface area (Å²) in [5, 5.41) is 13.4. The molecular weight excluding hydrogens is 335 g/mol. The molecule has 0 spiro atoms. The van der Waals surface area contributed by atoms with E-state index in [0.29, 0.717) is 10.0 Å². The maximum absolute atomic E-state index is 11.2. The molecule has 0 bridgehead atoms. The average molecular weight is 346 g/mol. The van der Waals surface area contributed by atoms with E-state index in [4.69, 9.17) is 39.9 Å². The van der Waals surface area contributed by atoms with Crippen LogP contribution in [0.3, 0.4) is 0 Å². The molecule has 2 N–H and O–H groups in total. The Morgan fingerprint density at radius 3 is 2.57 bits per heavy atom. The highest BCUT2D eigenvalue weighted by Gasteiger charge is 2.16. The molecule has 0 aliphatic carbocycles. The topological polar surface area (TPSA) is 62.2 Å². The zero-order chi connectivity index (χ0) is 15.6. The first kappa shape index (κ1) is 15.9. The molecule has 21 heavy (non-hydrogen) atoms.